The van der Waals surface area contributed by atoms with Crippen LogP contribution in [-0.4, -0.2) is 23.5 Å². The summed E-state index contributed by atoms with van der Waals surface area (Å²) in [6.07, 6.45) is 2.86. The highest BCUT2D eigenvalue weighted by Crippen LogP contribution is 2.26. The molecule has 0 radical (unpaired) electrons. The molecule has 0 aliphatic carbocycles. The van der Waals surface area contributed by atoms with E-state index >= 15 is 0 Å². The maximum absolute atomic E-state index is 12.0. The van der Waals surface area contributed by atoms with Gasteiger partial charge in [-0.3, -0.25) is 0 Å². The van der Waals surface area contributed by atoms with Crippen molar-refractivity contribution < 1.29 is 17.9 Å². The van der Waals surface area contributed by atoms with Gasteiger partial charge in [-0.05, 0) is 22.0 Å². The fourth-order valence-electron chi connectivity index (χ4n) is 1.33. The molecule has 102 valence electrons. The zero-order chi connectivity index (χ0) is 13.9. The van der Waals surface area contributed by atoms with Crippen LogP contribution in [0, 0.1) is 0 Å². The molecule has 2 N–H and O–H groups in total. The van der Waals surface area contributed by atoms with Crippen LogP contribution in [0.1, 0.15) is 11.5 Å². The molecule has 0 aliphatic rings. The van der Waals surface area contributed by atoms with Gasteiger partial charge in [0.25, 0.3) is 0 Å². The van der Waals surface area contributed by atoms with Gasteiger partial charge in [0.2, 0.25) is 10.0 Å². The lowest BCUT2D eigenvalue weighted by Crippen LogP contribution is -2.23. The normalized spacial score (nSPS) is 11.7. The fourth-order valence-corrected chi connectivity index (χ4v) is 3.32. The smallest absolute Gasteiger partial charge is 0.245 e. The number of nitrogens with zero attached hydrogens (tertiary/aromatic N) is 2. The van der Waals surface area contributed by atoms with Gasteiger partial charge in [0.15, 0.2) is 4.67 Å². The van der Waals surface area contributed by atoms with Crippen molar-refractivity contribution in [2.24, 2.45) is 0 Å². The Morgan fingerprint density at radius 1 is 1.47 bits per heavy atom. The molecule has 2 heterocycles. The Kier molecular flexibility index (Phi) is 4.30. The summed E-state index contributed by atoms with van der Waals surface area (Å²) in [4.78, 5) is 7.58. The molecule has 19 heavy (non-hydrogen) atoms. The summed E-state index contributed by atoms with van der Waals surface area (Å²) >= 11 is 3.00. The van der Waals surface area contributed by atoms with Gasteiger partial charge in [-0.1, -0.05) is 0 Å². The monoisotopic (exact) mass is 347 g/mol. The Bertz CT molecular complexity index is 657. The number of hydrogen-bond acceptors (Lipinski definition) is 6. The van der Waals surface area contributed by atoms with Crippen LogP contribution in [0.25, 0.3) is 0 Å². The molecule has 0 bridgehead atoms. The van der Waals surface area contributed by atoms with Gasteiger partial charge >= 0.3 is 0 Å². The number of nitrogens with one attached hydrogen (secondary N) is 1. The molecule has 0 aliphatic heterocycles. The molecule has 2 aromatic rings. The third-order valence-electron chi connectivity index (χ3n) is 2.24. The van der Waals surface area contributed by atoms with Gasteiger partial charge in [0, 0.05) is 12.3 Å². The molecule has 9 heteroatoms. The summed E-state index contributed by atoms with van der Waals surface area (Å²) < 4.78 is 31.5. The van der Waals surface area contributed by atoms with Crippen LogP contribution in [0.2, 0.25) is 0 Å². The first-order valence-corrected chi connectivity index (χ1v) is 7.44. The van der Waals surface area contributed by atoms with E-state index in [1.807, 2.05) is 0 Å². The van der Waals surface area contributed by atoms with Crippen LogP contribution in [0.3, 0.4) is 0 Å². The van der Waals surface area contributed by atoms with Crippen molar-refractivity contribution in [3.63, 3.8) is 0 Å². The third kappa shape index (κ3) is 3.38. The topological polar surface area (TPSA) is 105 Å². The van der Waals surface area contributed by atoms with Crippen LogP contribution < -0.4 is 4.72 Å². The minimum absolute atomic E-state index is 0.0386. The molecular formula is C10H10BrN3O4S. The van der Waals surface area contributed by atoms with Crippen molar-refractivity contribution in [1.29, 1.82) is 0 Å². The second-order valence-corrected chi connectivity index (χ2v) is 5.99. The van der Waals surface area contributed by atoms with Crippen LogP contribution in [-0.2, 0) is 23.2 Å². The maximum Gasteiger partial charge on any atom is 0.245 e. The van der Waals surface area contributed by atoms with Crippen LogP contribution in [0.4, 0.5) is 0 Å². The molecule has 0 amide bonds. The van der Waals surface area contributed by atoms with Crippen LogP contribution in [0.5, 0.6) is 0 Å². The molecule has 0 saturated carbocycles. The van der Waals surface area contributed by atoms with E-state index in [1.54, 1.807) is 6.07 Å². The van der Waals surface area contributed by atoms with Crippen LogP contribution in [0.15, 0.2) is 38.6 Å². The largest absolute Gasteiger partial charge is 0.450 e. The van der Waals surface area contributed by atoms with Crippen LogP contribution >= 0.6 is 15.9 Å². The van der Waals surface area contributed by atoms with Crippen molar-refractivity contribution in [3.05, 3.63) is 40.8 Å². The molecular weight excluding hydrogens is 338 g/mol. The number of rotatable bonds is 5. The number of halogens is 1. The highest BCUT2D eigenvalue weighted by atomic mass is 79.9. The minimum Gasteiger partial charge on any atom is -0.450 e. The lowest BCUT2D eigenvalue weighted by atomic mass is 10.4. The van der Waals surface area contributed by atoms with Gasteiger partial charge in [-0.2, -0.15) is 0 Å². The quantitative estimate of drug-likeness (QED) is 0.828. The van der Waals surface area contributed by atoms with E-state index in [4.69, 9.17) is 9.52 Å². The average Bonchev–Trinajstić information content (AvgIpc) is 2.80. The minimum atomic E-state index is -3.74. The summed E-state index contributed by atoms with van der Waals surface area (Å²) in [5, 5.41) is 8.90. The number of aromatic nitrogens is 2. The number of hydrogen-bond donors (Lipinski definition) is 2. The number of sulfonamides is 1. The lowest BCUT2D eigenvalue weighted by molar-refractivity contribution is 0.245. The lowest BCUT2D eigenvalue weighted by Gasteiger charge is -2.04. The first-order valence-electron chi connectivity index (χ1n) is 5.16. The summed E-state index contributed by atoms with van der Waals surface area (Å²) in [7, 11) is -3.74. The van der Waals surface area contributed by atoms with E-state index < -0.39 is 10.0 Å². The zero-order valence-electron chi connectivity index (χ0n) is 9.58. The molecule has 0 unspecified atom stereocenters. The predicted octanol–water partition coefficient (Wildman–Crippen LogP) is 0.803. The van der Waals surface area contributed by atoms with E-state index in [0.717, 1.165) is 0 Å². The Morgan fingerprint density at radius 3 is 2.84 bits per heavy atom. The summed E-state index contributed by atoms with van der Waals surface area (Å²) in [5.41, 5.74) is 0.542. The molecule has 0 atom stereocenters. The molecule has 2 rings (SSSR count). The highest BCUT2D eigenvalue weighted by molar-refractivity contribution is 9.10. The van der Waals surface area contributed by atoms with E-state index in [2.05, 4.69) is 30.6 Å². The number of aliphatic hydroxyl groups is 1. The van der Waals surface area contributed by atoms with Crippen molar-refractivity contribution in [1.82, 2.24) is 14.7 Å². The Labute approximate surface area is 117 Å². The maximum atomic E-state index is 12.0. The second-order valence-electron chi connectivity index (χ2n) is 3.53. The first-order chi connectivity index (χ1) is 9.03. The predicted molar refractivity (Wildman–Crippen MR) is 68.4 cm³/mol. The van der Waals surface area contributed by atoms with Crippen molar-refractivity contribution in [3.8, 4) is 0 Å². The van der Waals surface area contributed by atoms with Gasteiger partial charge in [0.05, 0.1) is 12.2 Å². The van der Waals surface area contributed by atoms with Crippen molar-refractivity contribution >= 4 is 26.0 Å². The Morgan fingerprint density at radius 2 is 2.26 bits per heavy atom. The molecule has 7 nitrogen and oxygen atoms in total. The van der Waals surface area contributed by atoms with Gasteiger partial charge < -0.3 is 9.52 Å². The number of furan rings is 1. The fraction of sp³-hybridized carbons (Fsp3) is 0.200. The molecule has 0 spiro atoms. The summed E-state index contributed by atoms with van der Waals surface area (Å²) in [5.74, 6) is 0.161. The second kappa shape index (κ2) is 5.78. The summed E-state index contributed by atoms with van der Waals surface area (Å²) in [6, 6.07) is 2.86. The zero-order valence-corrected chi connectivity index (χ0v) is 12.0. The molecule has 0 saturated heterocycles. The van der Waals surface area contributed by atoms with Crippen molar-refractivity contribution in [2.75, 3.05) is 0 Å². The Balaban J connectivity index is 2.16. The van der Waals surface area contributed by atoms with Gasteiger partial charge in [0.1, 0.15) is 23.6 Å². The third-order valence-corrected chi connectivity index (χ3v) is 4.50. The SMILES string of the molecule is O=S(=O)(NCc1ccncn1)c1cc(CO)oc1Br. The van der Waals surface area contributed by atoms with Gasteiger partial charge in [-0.15, -0.1) is 0 Å². The van der Waals surface area contributed by atoms with Crippen molar-refractivity contribution in [2.45, 2.75) is 18.0 Å². The molecule has 0 fully saturated rings. The molecule has 2 aromatic heterocycles. The van der Waals surface area contributed by atoms with E-state index in [1.165, 1.54) is 18.6 Å². The van der Waals surface area contributed by atoms with E-state index in [0.29, 0.717) is 5.69 Å². The van der Waals surface area contributed by atoms with Gasteiger partial charge in [-0.25, -0.2) is 23.1 Å². The van der Waals surface area contributed by atoms with E-state index in [9.17, 15) is 8.42 Å². The summed E-state index contributed by atoms with van der Waals surface area (Å²) in [6.45, 7) is -0.336. The Hall–Kier alpha value is -1.29. The number of aliphatic hydroxyl groups excluding tert-OH is 1. The standard InChI is InChI=1S/C10H10BrN3O4S/c11-10-9(3-8(5-15)18-10)19(16,17)14-4-7-1-2-12-6-13-7/h1-3,6,14-15H,4-5H2. The molecule has 0 aromatic carbocycles. The van der Waals surface area contributed by atoms with E-state index in [-0.39, 0.29) is 28.5 Å². The average molecular weight is 348 g/mol. The highest BCUT2D eigenvalue weighted by Gasteiger charge is 2.22. The first kappa shape index (κ1) is 14.1.